The van der Waals surface area contributed by atoms with Crippen LogP contribution in [0.4, 0.5) is 10.2 Å². The third-order valence-electron chi connectivity index (χ3n) is 3.26. The van der Waals surface area contributed by atoms with Crippen molar-refractivity contribution < 1.29 is 19.3 Å². The van der Waals surface area contributed by atoms with Crippen molar-refractivity contribution >= 4 is 17.0 Å². The van der Waals surface area contributed by atoms with Crippen LogP contribution in [0, 0.1) is 6.08 Å². The molecule has 0 spiro atoms. The van der Waals surface area contributed by atoms with Gasteiger partial charge in [-0.15, -0.1) is 0 Å². The number of imidazole rings is 1. The summed E-state index contributed by atoms with van der Waals surface area (Å²) in [6, 6.07) is 0. The second-order valence-electron chi connectivity index (χ2n) is 4.48. The lowest BCUT2D eigenvalue weighted by atomic mass is 10.1. The monoisotopic (exact) mass is 284 g/mol. The van der Waals surface area contributed by atoms with Gasteiger partial charge in [-0.1, -0.05) is 0 Å². The fraction of sp³-hybridized carbons (Fsp3) is 0.500. The second kappa shape index (κ2) is 4.59. The van der Waals surface area contributed by atoms with E-state index in [2.05, 4.69) is 15.0 Å². The first-order chi connectivity index (χ1) is 9.52. The number of hydrogen-bond acceptors (Lipinski definition) is 8. The van der Waals surface area contributed by atoms with E-state index in [-0.39, 0.29) is 23.5 Å². The molecule has 1 fully saturated rings. The summed E-state index contributed by atoms with van der Waals surface area (Å²) >= 11 is 0. The van der Waals surface area contributed by atoms with Gasteiger partial charge in [0, 0.05) is 6.54 Å². The molecule has 0 amide bonds. The van der Waals surface area contributed by atoms with Gasteiger partial charge in [-0.25, -0.2) is 4.98 Å². The molecule has 0 aromatic carbocycles. The maximum Gasteiger partial charge on any atom is 0.312 e. The largest absolute Gasteiger partial charge is 0.387 e. The minimum Gasteiger partial charge on any atom is -0.387 e. The Hall–Kier alpha value is -1.88. The number of ether oxygens (including phenoxy) is 1. The summed E-state index contributed by atoms with van der Waals surface area (Å²) < 4.78 is 20.0. The summed E-state index contributed by atoms with van der Waals surface area (Å²) in [5, 5.41) is 19.8. The molecule has 10 heteroatoms. The number of nitrogens with zero attached hydrogens (tertiary/aromatic N) is 4. The molecular formula is C10H13FN6O3. The molecule has 4 atom stereocenters. The van der Waals surface area contributed by atoms with Crippen molar-refractivity contribution in [3.05, 3.63) is 12.4 Å². The van der Waals surface area contributed by atoms with Crippen molar-refractivity contribution in [2.24, 2.45) is 5.73 Å². The Kier molecular flexibility index (Phi) is 3.01. The zero-order chi connectivity index (χ0) is 14.4. The molecule has 0 radical (unpaired) electrons. The summed E-state index contributed by atoms with van der Waals surface area (Å²) in [5.41, 5.74) is 11.2. The van der Waals surface area contributed by atoms with E-state index in [0.717, 1.165) is 0 Å². The summed E-state index contributed by atoms with van der Waals surface area (Å²) in [7, 11) is 0. The van der Waals surface area contributed by atoms with E-state index >= 15 is 0 Å². The van der Waals surface area contributed by atoms with Gasteiger partial charge in [-0.3, -0.25) is 4.57 Å². The third-order valence-corrected chi connectivity index (χ3v) is 3.26. The average molecular weight is 284 g/mol. The highest BCUT2D eigenvalue weighted by molar-refractivity contribution is 5.81. The van der Waals surface area contributed by atoms with Crippen LogP contribution in [0.5, 0.6) is 0 Å². The second-order valence-corrected chi connectivity index (χ2v) is 4.48. The molecule has 1 saturated heterocycles. The minimum absolute atomic E-state index is 0.0346. The van der Waals surface area contributed by atoms with Gasteiger partial charge < -0.3 is 26.4 Å². The van der Waals surface area contributed by atoms with Gasteiger partial charge in [-0.2, -0.15) is 14.4 Å². The van der Waals surface area contributed by atoms with Crippen LogP contribution < -0.4 is 11.5 Å². The van der Waals surface area contributed by atoms with Gasteiger partial charge in [0.05, 0.1) is 6.33 Å². The maximum atomic E-state index is 13.2. The van der Waals surface area contributed by atoms with E-state index in [4.69, 9.17) is 16.2 Å². The first-order valence-corrected chi connectivity index (χ1v) is 5.90. The molecule has 1 aliphatic heterocycles. The molecule has 0 saturated carbocycles. The molecule has 2 aromatic heterocycles. The summed E-state index contributed by atoms with van der Waals surface area (Å²) in [6.07, 6.45) is -3.81. The Morgan fingerprint density at radius 1 is 1.35 bits per heavy atom. The number of anilines is 1. The number of nitrogen functional groups attached to an aromatic ring is 1. The van der Waals surface area contributed by atoms with Crippen molar-refractivity contribution in [1.82, 2.24) is 19.5 Å². The highest BCUT2D eigenvalue weighted by Crippen LogP contribution is 2.31. The van der Waals surface area contributed by atoms with Gasteiger partial charge >= 0.3 is 6.08 Å². The van der Waals surface area contributed by atoms with Crippen LogP contribution in [0.3, 0.4) is 0 Å². The Morgan fingerprint density at radius 3 is 2.75 bits per heavy atom. The van der Waals surface area contributed by atoms with Crippen LogP contribution in [0.15, 0.2) is 6.33 Å². The van der Waals surface area contributed by atoms with Crippen LogP contribution in [-0.2, 0) is 4.74 Å². The van der Waals surface area contributed by atoms with Gasteiger partial charge in [0.1, 0.15) is 18.3 Å². The Morgan fingerprint density at radius 2 is 2.10 bits per heavy atom. The number of aromatic nitrogens is 4. The fourth-order valence-corrected chi connectivity index (χ4v) is 2.25. The molecule has 9 nitrogen and oxygen atoms in total. The lowest BCUT2D eigenvalue weighted by Gasteiger charge is -2.16. The normalized spacial score (nSPS) is 30.2. The number of aliphatic hydroxyl groups excluding tert-OH is 2. The molecule has 3 rings (SSSR count). The molecular weight excluding hydrogens is 271 g/mol. The first-order valence-electron chi connectivity index (χ1n) is 5.90. The molecule has 0 aliphatic carbocycles. The molecule has 20 heavy (non-hydrogen) atoms. The average Bonchev–Trinajstić information content (AvgIpc) is 2.93. The first kappa shape index (κ1) is 13.1. The molecule has 1 aliphatic rings. The standard InChI is InChI=1S/C10H13FN6O3/c11-10-15-7(13)4-8(16-10)17(2-14-4)9-6(19)5(18)3(1-12)20-9/h2-3,5-6,9,18-19H,1,12H2,(H2,13,15,16)/t3-,5+,6+,9+/m0/s1. The topological polar surface area (TPSA) is 145 Å². The molecule has 6 N–H and O–H groups in total. The summed E-state index contributed by atoms with van der Waals surface area (Å²) in [5.74, 6) is -0.116. The zero-order valence-electron chi connectivity index (χ0n) is 10.2. The Bertz CT molecular complexity index is 649. The quantitative estimate of drug-likeness (QED) is 0.469. The van der Waals surface area contributed by atoms with E-state index in [1.54, 1.807) is 0 Å². The molecule has 0 unspecified atom stereocenters. The zero-order valence-corrected chi connectivity index (χ0v) is 10.2. The van der Waals surface area contributed by atoms with Gasteiger partial charge in [0.2, 0.25) is 0 Å². The number of nitrogens with two attached hydrogens (primary N) is 2. The fourth-order valence-electron chi connectivity index (χ4n) is 2.25. The number of fused-ring (bicyclic) bond motifs is 1. The van der Waals surface area contributed by atoms with E-state index in [1.165, 1.54) is 10.9 Å². The van der Waals surface area contributed by atoms with Crippen LogP contribution in [-0.4, -0.2) is 54.6 Å². The number of aliphatic hydroxyl groups is 2. The number of rotatable bonds is 2. The molecule has 108 valence electrons. The highest BCUT2D eigenvalue weighted by atomic mass is 19.1. The predicted molar refractivity (Wildman–Crippen MR) is 64.7 cm³/mol. The lowest BCUT2D eigenvalue weighted by molar-refractivity contribution is -0.0322. The van der Waals surface area contributed by atoms with Crippen LogP contribution in [0.2, 0.25) is 0 Å². The smallest absolute Gasteiger partial charge is 0.312 e. The third kappa shape index (κ3) is 1.81. The van der Waals surface area contributed by atoms with E-state index in [0.29, 0.717) is 0 Å². The van der Waals surface area contributed by atoms with Crippen molar-refractivity contribution in [2.45, 2.75) is 24.5 Å². The van der Waals surface area contributed by atoms with Crippen LogP contribution in [0.25, 0.3) is 11.2 Å². The summed E-state index contributed by atoms with van der Waals surface area (Å²) in [6.45, 7) is 0.0346. The molecule has 3 heterocycles. The van der Waals surface area contributed by atoms with Crippen molar-refractivity contribution in [3.8, 4) is 0 Å². The highest BCUT2D eigenvalue weighted by Gasteiger charge is 2.43. The van der Waals surface area contributed by atoms with E-state index in [9.17, 15) is 14.6 Å². The SMILES string of the molecule is NC[C@@H]1O[C@@H](n2cnc3c(N)nc(F)nc32)[C@H](O)[C@@H]1O. The van der Waals surface area contributed by atoms with Gasteiger partial charge in [-0.05, 0) is 0 Å². The Balaban J connectivity index is 2.07. The van der Waals surface area contributed by atoms with E-state index in [1.807, 2.05) is 0 Å². The Labute approximate surface area is 112 Å². The van der Waals surface area contributed by atoms with Gasteiger partial charge in [0.25, 0.3) is 0 Å². The van der Waals surface area contributed by atoms with Gasteiger partial charge in [0.15, 0.2) is 23.2 Å². The molecule has 2 aromatic rings. The van der Waals surface area contributed by atoms with Crippen molar-refractivity contribution in [3.63, 3.8) is 0 Å². The van der Waals surface area contributed by atoms with Crippen LogP contribution in [0.1, 0.15) is 6.23 Å². The van der Waals surface area contributed by atoms with Crippen LogP contribution >= 0.6 is 0 Å². The summed E-state index contributed by atoms with van der Waals surface area (Å²) in [4.78, 5) is 10.9. The maximum absolute atomic E-state index is 13.2. The minimum atomic E-state index is -1.24. The molecule has 0 bridgehead atoms. The van der Waals surface area contributed by atoms with Crippen molar-refractivity contribution in [2.75, 3.05) is 12.3 Å². The number of hydrogen-bond donors (Lipinski definition) is 4. The van der Waals surface area contributed by atoms with E-state index < -0.39 is 30.6 Å². The predicted octanol–water partition coefficient (Wildman–Crippen LogP) is -1.87. The number of halogens is 1. The lowest BCUT2D eigenvalue weighted by Crippen LogP contribution is -2.35. The van der Waals surface area contributed by atoms with Crippen molar-refractivity contribution in [1.29, 1.82) is 0 Å².